The smallest absolute Gasteiger partial charge is 0.303 e. The van der Waals surface area contributed by atoms with Gasteiger partial charge in [0.05, 0.1) is 44.2 Å². The molecular weight excluding hydrogens is 849 g/mol. The Labute approximate surface area is 392 Å². The molecule has 0 aromatic heterocycles. The molecule has 0 spiro atoms. The van der Waals surface area contributed by atoms with E-state index in [1.807, 2.05) is 77.4 Å². The van der Waals surface area contributed by atoms with E-state index in [2.05, 4.69) is 47.5 Å². The number of methoxy groups -OCH3 is 1. The molecule has 2 atom stereocenters. The van der Waals surface area contributed by atoms with E-state index >= 15 is 0 Å². The van der Waals surface area contributed by atoms with Gasteiger partial charge >= 0.3 is 5.97 Å². The quantitative estimate of drug-likeness (QED) is 0.0725. The van der Waals surface area contributed by atoms with Crippen molar-refractivity contribution in [1.82, 2.24) is 0 Å². The monoisotopic (exact) mass is 908 g/mol. The number of fused-ring (bicyclic) bond motifs is 8. The largest absolute Gasteiger partial charge is 0.493 e. The number of hydrogen-bond acceptors (Lipinski definition) is 10. The number of aliphatic carboxylic acids is 1. The van der Waals surface area contributed by atoms with Crippen molar-refractivity contribution in [2.45, 2.75) is 84.1 Å². The van der Waals surface area contributed by atoms with Crippen molar-refractivity contribution in [3.8, 4) is 17.2 Å². The van der Waals surface area contributed by atoms with Gasteiger partial charge in [0.15, 0.2) is 11.5 Å². The van der Waals surface area contributed by atoms with Crippen LogP contribution in [0.15, 0.2) is 91.0 Å². The van der Waals surface area contributed by atoms with Gasteiger partial charge in [-0.3, -0.25) is 14.4 Å². The fraction of sp³-hybridized carbons (Fsp3) is 0.389. The van der Waals surface area contributed by atoms with Gasteiger partial charge in [-0.1, -0.05) is 43.3 Å². The molecule has 0 fully saturated rings. The molecule has 0 radical (unpaired) electrons. The van der Waals surface area contributed by atoms with Gasteiger partial charge in [-0.2, -0.15) is 0 Å². The summed E-state index contributed by atoms with van der Waals surface area (Å²) >= 11 is 0. The first-order valence-electron chi connectivity index (χ1n) is 23.6. The second-order valence-electron chi connectivity index (χ2n) is 17.9. The number of carboxylic acid groups (broad SMARTS) is 1. The van der Waals surface area contributed by atoms with Gasteiger partial charge in [0.2, 0.25) is 0 Å². The Morgan fingerprint density at radius 1 is 0.731 bits per heavy atom. The number of anilines is 4. The maximum absolute atomic E-state index is 14.2. The van der Waals surface area contributed by atoms with Crippen LogP contribution in [-0.2, 0) is 46.7 Å². The van der Waals surface area contributed by atoms with Crippen LogP contribution in [0.5, 0.6) is 17.2 Å². The Balaban J connectivity index is 0.975. The van der Waals surface area contributed by atoms with Crippen LogP contribution in [0.1, 0.15) is 86.7 Å². The summed E-state index contributed by atoms with van der Waals surface area (Å²) in [4.78, 5) is 45.9. The predicted octanol–water partition coefficient (Wildman–Crippen LogP) is 8.79. The molecule has 4 heterocycles. The minimum atomic E-state index is -0.848. The molecule has 67 heavy (non-hydrogen) atoms. The highest BCUT2D eigenvalue weighted by Crippen LogP contribution is 2.42. The Bertz CT molecular complexity index is 2630. The summed E-state index contributed by atoms with van der Waals surface area (Å²) in [6, 6.07) is 30.2. The molecule has 0 saturated heterocycles. The zero-order chi connectivity index (χ0) is 46.4. The summed E-state index contributed by atoms with van der Waals surface area (Å²) < 4.78 is 30.7. The Morgan fingerprint density at radius 3 is 2.09 bits per heavy atom. The molecule has 350 valence electrons. The third-order valence-corrected chi connectivity index (χ3v) is 13.3. The first-order valence-corrected chi connectivity index (χ1v) is 23.6. The number of aryl methyl sites for hydroxylation is 2. The van der Waals surface area contributed by atoms with E-state index in [9.17, 15) is 19.5 Å². The van der Waals surface area contributed by atoms with E-state index in [-0.39, 0.29) is 43.5 Å². The SMILES string of the molecule is CCCOCCOCCN(CCCC(=O)O)c1cc(COc2cc3c(cc2C)C(=O)N2c4ccccc4C[C@H]2CN3)cc(COc2cc3c(cc2OC)C(=O)N2c4ccccc4CC2CC3)c1. The molecule has 0 saturated carbocycles. The van der Waals surface area contributed by atoms with Crippen molar-refractivity contribution in [1.29, 1.82) is 0 Å². The molecule has 4 aliphatic rings. The van der Waals surface area contributed by atoms with Crippen molar-refractivity contribution in [3.05, 3.63) is 136 Å². The minimum absolute atomic E-state index is 0.0210. The molecule has 5 aromatic rings. The second kappa shape index (κ2) is 20.5. The summed E-state index contributed by atoms with van der Waals surface area (Å²) in [5.74, 6) is 0.788. The van der Waals surface area contributed by atoms with Crippen molar-refractivity contribution in [2.24, 2.45) is 0 Å². The molecule has 4 aliphatic heterocycles. The van der Waals surface area contributed by atoms with E-state index in [1.54, 1.807) is 7.11 Å². The van der Waals surface area contributed by atoms with Crippen LogP contribution >= 0.6 is 0 Å². The molecule has 2 amide bonds. The summed E-state index contributed by atoms with van der Waals surface area (Å²) in [7, 11) is 1.59. The third kappa shape index (κ3) is 9.94. The van der Waals surface area contributed by atoms with E-state index in [0.29, 0.717) is 80.9 Å². The molecule has 13 nitrogen and oxygen atoms in total. The van der Waals surface area contributed by atoms with Gasteiger partial charge in [0.25, 0.3) is 11.8 Å². The molecular formula is C54H60N4O9. The zero-order valence-corrected chi connectivity index (χ0v) is 38.7. The van der Waals surface area contributed by atoms with E-state index in [4.69, 9.17) is 23.7 Å². The Morgan fingerprint density at radius 2 is 1.39 bits per heavy atom. The van der Waals surface area contributed by atoms with E-state index in [1.165, 1.54) is 11.1 Å². The highest BCUT2D eigenvalue weighted by molar-refractivity contribution is 6.12. The average Bonchev–Trinajstić information content (AvgIpc) is 3.83. The molecule has 5 aromatic carbocycles. The minimum Gasteiger partial charge on any atom is -0.493 e. The van der Waals surface area contributed by atoms with E-state index < -0.39 is 5.97 Å². The highest BCUT2D eigenvalue weighted by atomic mass is 16.5. The molecule has 2 N–H and O–H groups in total. The highest BCUT2D eigenvalue weighted by Gasteiger charge is 2.39. The lowest BCUT2D eigenvalue weighted by atomic mass is 9.99. The average molecular weight is 909 g/mol. The van der Waals surface area contributed by atoms with Gasteiger partial charge < -0.3 is 48.8 Å². The van der Waals surface area contributed by atoms with Crippen LogP contribution in [0.4, 0.5) is 22.7 Å². The van der Waals surface area contributed by atoms with Crippen LogP contribution < -0.4 is 34.2 Å². The number of amides is 2. The van der Waals surface area contributed by atoms with Crippen LogP contribution in [0.2, 0.25) is 0 Å². The maximum atomic E-state index is 14.2. The number of rotatable bonds is 20. The second-order valence-corrected chi connectivity index (χ2v) is 17.9. The number of carbonyl (C=O) groups excluding carboxylic acids is 2. The fourth-order valence-corrected chi connectivity index (χ4v) is 9.97. The lowest BCUT2D eigenvalue weighted by molar-refractivity contribution is -0.137. The standard InChI is InChI=1S/C54H60N4O9/c1-4-19-64-21-22-65-20-18-56(17-9-14-52(59)60)42-25-36(33-66-49-31-46-45(23-35(49)2)54(62)58-43(32-55-46)28-40-11-6-8-13-48(40)58)24-37(26-42)34-67-51-29-38-15-16-41-27-39-10-5-7-12-47(39)57(41)53(61)44(38)30-50(51)63-3/h5-8,10-13,23-26,29-31,41,43,55H,4,9,14-22,27-28,32-34H2,1-3H3,(H,59,60)/t41?,43-/m0/s1. The van der Waals surface area contributed by atoms with Crippen LogP contribution in [0, 0.1) is 6.92 Å². The van der Waals surface area contributed by atoms with Gasteiger partial charge in [0, 0.05) is 67.4 Å². The van der Waals surface area contributed by atoms with Crippen molar-refractivity contribution in [2.75, 3.05) is 73.2 Å². The van der Waals surface area contributed by atoms with Gasteiger partial charge in [-0.05, 0) is 127 Å². The Kier molecular flexibility index (Phi) is 14.0. The van der Waals surface area contributed by atoms with Crippen LogP contribution in [-0.4, -0.2) is 88.1 Å². The van der Waals surface area contributed by atoms with Gasteiger partial charge in [0.1, 0.15) is 19.0 Å². The lowest BCUT2D eigenvalue weighted by Crippen LogP contribution is -2.39. The van der Waals surface area contributed by atoms with Crippen molar-refractivity contribution < 1.29 is 43.2 Å². The maximum Gasteiger partial charge on any atom is 0.303 e. The number of carboxylic acids is 1. The number of carbonyl (C=O) groups is 3. The first-order chi connectivity index (χ1) is 32.7. The molecule has 0 bridgehead atoms. The molecule has 13 heteroatoms. The van der Waals surface area contributed by atoms with Gasteiger partial charge in [-0.15, -0.1) is 0 Å². The number of hydrogen-bond donors (Lipinski definition) is 2. The van der Waals surface area contributed by atoms with Gasteiger partial charge in [-0.25, -0.2) is 0 Å². The lowest BCUT2D eigenvalue weighted by Gasteiger charge is -2.26. The topological polar surface area (TPSA) is 139 Å². The summed E-state index contributed by atoms with van der Waals surface area (Å²) in [6.45, 7) is 8.14. The number of para-hydroxylation sites is 2. The van der Waals surface area contributed by atoms with E-state index in [0.717, 1.165) is 77.1 Å². The third-order valence-electron chi connectivity index (χ3n) is 13.3. The summed E-state index contributed by atoms with van der Waals surface area (Å²) in [5, 5.41) is 13.1. The molecule has 9 rings (SSSR count). The van der Waals surface area contributed by atoms with Crippen LogP contribution in [0.25, 0.3) is 0 Å². The van der Waals surface area contributed by atoms with Crippen molar-refractivity contribution >= 4 is 40.5 Å². The number of nitrogens with one attached hydrogen (secondary N) is 1. The summed E-state index contributed by atoms with van der Waals surface area (Å²) in [6.07, 6.45) is 4.61. The normalized spacial score (nSPS) is 16.7. The van der Waals surface area contributed by atoms with Crippen molar-refractivity contribution in [3.63, 3.8) is 0 Å². The number of benzene rings is 5. The molecule has 0 aliphatic carbocycles. The number of ether oxygens (including phenoxy) is 5. The number of nitrogens with zero attached hydrogens (tertiary/aromatic N) is 3. The van der Waals surface area contributed by atoms with Crippen LogP contribution in [0.3, 0.4) is 0 Å². The zero-order valence-electron chi connectivity index (χ0n) is 38.7. The molecule has 1 unspecified atom stereocenters. The predicted molar refractivity (Wildman–Crippen MR) is 259 cm³/mol. The fourth-order valence-electron chi connectivity index (χ4n) is 9.97. The Hall–Kier alpha value is -6.57. The first kappa shape index (κ1) is 45.6. The summed E-state index contributed by atoms with van der Waals surface area (Å²) in [5.41, 5.74) is 10.7.